The third kappa shape index (κ3) is 9.44. The Kier molecular flexibility index (Phi) is 10.6. The maximum absolute atomic E-state index is 12.1. The number of aryl methyl sites for hydroxylation is 1. The van der Waals surface area contributed by atoms with E-state index in [1.165, 1.54) is 0 Å². The second-order valence-corrected chi connectivity index (χ2v) is 8.14. The molecule has 0 fully saturated rings. The van der Waals surface area contributed by atoms with Crippen LogP contribution in [0.15, 0.2) is 46.9 Å². The standard InChI is InChI=1S/C24H27BrN2O6/c1-3-4-13-32-24(31)17-5-7-18(8-6-17)26-21(28)11-12-23(30)33-15-22(29)27-19-9-10-20(25)16(2)14-19/h5-10,14H,3-4,11-13,15H2,1-2H3,(H,26,28)(H,27,29). The van der Waals surface area contributed by atoms with Gasteiger partial charge in [0.2, 0.25) is 5.91 Å². The molecule has 9 heteroatoms. The summed E-state index contributed by atoms with van der Waals surface area (Å²) < 4.78 is 11.0. The van der Waals surface area contributed by atoms with Gasteiger partial charge in [-0.15, -0.1) is 0 Å². The lowest BCUT2D eigenvalue weighted by molar-refractivity contribution is -0.147. The number of anilines is 2. The van der Waals surface area contributed by atoms with Crippen molar-refractivity contribution in [3.8, 4) is 0 Å². The highest BCUT2D eigenvalue weighted by Crippen LogP contribution is 2.20. The van der Waals surface area contributed by atoms with Crippen LogP contribution < -0.4 is 10.6 Å². The highest BCUT2D eigenvalue weighted by atomic mass is 79.9. The Morgan fingerprint density at radius 1 is 0.879 bits per heavy atom. The molecule has 0 saturated heterocycles. The van der Waals surface area contributed by atoms with Crippen LogP contribution in [0.3, 0.4) is 0 Å². The number of hydrogen-bond donors (Lipinski definition) is 2. The number of esters is 2. The normalized spacial score (nSPS) is 10.3. The first-order valence-corrected chi connectivity index (χ1v) is 11.4. The topological polar surface area (TPSA) is 111 Å². The molecule has 8 nitrogen and oxygen atoms in total. The molecule has 33 heavy (non-hydrogen) atoms. The van der Waals surface area contributed by atoms with E-state index in [9.17, 15) is 19.2 Å². The van der Waals surface area contributed by atoms with Crippen molar-refractivity contribution >= 4 is 51.1 Å². The molecule has 2 rings (SSSR count). The van der Waals surface area contributed by atoms with Crippen molar-refractivity contribution in [3.63, 3.8) is 0 Å². The summed E-state index contributed by atoms with van der Waals surface area (Å²) in [7, 11) is 0. The molecular weight excluding hydrogens is 492 g/mol. The Bertz CT molecular complexity index is 991. The number of ether oxygens (including phenoxy) is 2. The van der Waals surface area contributed by atoms with Crippen LogP contribution in [0.2, 0.25) is 0 Å². The van der Waals surface area contributed by atoms with E-state index in [2.05, 4.69) is 26.6 Å². The minimum atomic E-state index is -0.655. The number of halogens is 1. The molecule has 0 aliphatic rings. The first-order valence-electron chi connectivity index (χ1n) is 10.6. The summed E-state index contributed by atoms with van der Waals surface area (Å²) in [6.45, 7) is 3.83. The average molecular weight is 519 g/mol. The van der Waals surface area contributed by atoms with Gasteiger partial charge in [-0.25, -0.2) is 4.79 Å². The summed E-state index contributed by atoms with van der Waals surface area (Å²) in [5.74, 6) is -1.93. The Balaban J connectivity index is 1.69. The number of rotatable bonds is 11. The quantitative estimate of drug-likeness (QED) is 0.331. The van der Waals surface area contributed by atoms with Gasteiger partial charge < -0.3 is 20.1 Å². The Morgan fingerprint density at radius 3 is 2.21 bits per heavy atom. The van der Waals surface area contributed by atoms with Gasteiger partial charge in [-0.2, -0.15) is 0 Å². The Morgan fingerprint density at radius 2 is 1.55 bits per heavy atom. The third-order valence-corrected chi connectivity index (χ3v) is 5.39. The van der Waals surface area contributed by atoms with Gasteiger partial charge in [-0.3, -0.25) is 14.4 Å². The van der Waals surface area contributed by atoms with Gasteiger partial charge in [0.1, 0.15) is 0 Å². The fraction of sp³-hybridized carbons (Fsp3) is 0.333. The molecule has 0 radical (unpaired) electrons. The van der Waals surface area contributed by atoms with Crippen LogP contribution in [0.5, 0.6) is 0 Å². The molecule has 2 amide bonds. The van der Waals surface area contributed by atoms with Gasteiger partial charge in [-0.05, 0) is 61.4 Å². The number of hydrogen-bond acceptors (Lipinski definition) is 6. The van der Waals surface area contributed by atoms with E-state index in [1.807, 2.05) is 19.9 Å². The molecule has 0 bridgehead atoms. The summed E-state index contributed by atoms with van der Waals surface area (Å²) in [5.41, 5.74) is 2.43. The molecule has 0 saturated carbocycles. The summed E-state index contributed by atoms with van der Waals surface area (Å²) in [5, 5.41) is 5.28. The number of amides is 2. The predicted octanol–water partition coefficient (Wildman–Crippen LogP) is 4.62. The fourth-order valence-electron chi connectivity index (χ4n) is 2.66. The first-order chi connectivity index (χ1) is 15.8. The highest BCUT2D eigenvalue weighted by molar-refractivity contribution is 9.10. The molecule has 0 spiro atoms. The molecule has 0 aliphatic carbocycles. The van der Waals surface area contributed by atoms with E-state index in [-0.39, 0.29) is 18.7 Å². The summed E-state index contributed by atoms with van der Waals surface area (Å²) >= 11 is 3.38. The first kappa shape index (κ1) is 26.1. The molecule has 0 heterocycles. The average Bonchev–Trinajstić information content (AvgIpc) is 2.79. The largest absolute Gasteiger partial charge is 0.462 e. The fourth-order valence-corrected chi connectivity index (χ4v) is 2.91. The predicted molar refractivity (Wildman–Crippen MR) is 128 cm³/mol. The SMILES string of the molecule is CCCCOC(=O)c1ccc(NC(=O)CCC(=O)OCC(=O)Nc2ccc(Br)c(C)c2)cc1. The zero-order valence-corrected chi connectivity index (χ0v) is 20.2. The Hall–Kier alpha value is -3.20. The zero-order valence-electron chi connectivity index (χ0n) is 18.6. The van der Waals surface area contributed by atoms with Crippen molar-refractivity contribution in [2.45, 2.75) is 39.5 Å². The lowest BCUT2D eigenvalue weighted by atomic mass is 10.2. The van der Waals surface area contributed by atoms with E-state index >= 15 is 0 Å². The van der Waals surface area contributed by atoms with Gasteiger partial charge in [0, 0.05) is 22.3 Å². The molecule has 2 N–H and O–H groups in total. The molecule has 0 unspecified atom stereocenters. The van der Waals surface area contributed by atoms with Crippen LogP contribution in [0.4, 0.5) is 11.4 Å². The molecule has 0 aromatic heterocycles. The van der Waals surface area contributed by atoms with Crippen molar-refractivity contribution < 1.29 is 28.7 Å². The lowest BCUT2D eigenvalue weighted by Crippen LogP contribution is -2.21. The number of benzene rings is 2. The second kappa shape index (κ2) is 13.4. The maximum atomic E-state index is 12.1. The van der Waals surface area contributed by atoms with E-state index < -0.39 is 24.5 Å². The summed E-state index contributed by atoms with van der Waals surface area (Å²) in [6.07, 6.45) is 1.47. The molecule has 176 valence electrons. The van der Waals surface area contributed by atoms with Gasteiger partial charge in [0.15, 0.2) is 6.61 Å². The Labute approximate surface area is 201 Å². The van der Waals surface area contributed by atoms with Crippen LogP contribution in [0.25, 0.3) is 0 Å². The number of unbranched alkanes of at least 4 members (excludes halogenated alkanes) is 1. The minimum absolute atomic E-state index is 0.104. The maximum Gasteiger partial charge on any atom is 0.338 e. The van der Waals surface area contributed by atoms with E-state index in [4.69, 9.17) is 9.47 Å². The number of carbonyl (C=O) groups is 4. The molecule has 2 aromatic rings. The summed E-state index contributed by atoms with van der Waals surface area (Å²) in [4.78, 5) is 47.7. The molecule has 0 aliphatic heterocycles. The summed E-state index contributed by atoms with van der Waals surface area (Å²) in [6, 6.07) is 11.6. The second-order valence-electron chi connectivity index (χ2n) is 7.29. The zero-order chi connectivity index (χ0) is 24.2. The van der Waals surface area contributed by atoms with E-state index in [0.717, 1.165) is 22.9 Å². The molecular formula is C24H27BrN2O6. The van der Waals surface area contributed by atoms with E-state index in [0.29, 0.717) is 23.5 Å². The minimum Gasteiger partial charge on any atom is -0.462 e. The van der Waals surface area contributed by atoms with Gasteiger partial charge in [0.25, 0.3) is 5.91 Å². The van der Waals surface area contributed by atoms with Gasteiger partial charge >= 0.3 is 11.9 Å². The smallest absolute Gasteiger partial charge is 0.338 e. The van der Waals surface area contributed by atoms with Gasteiger partial charge in [-0.1, -0.05) is 29.3 Å². The van der Waals surface area contributed by atoms with Crippen LogP contribution in [-0.4, -0.2) is 37.0 Å². The van der Waals surface area contributed by atoms with Crippen LogP contribution >= 0.6 is 15.9 Å². The van der Waals surface area contributed by atoms with Gasteiger partial charge in [0.05, 0.1) is 18.6 Å². The van der Waals surface area contributed by atoms with Crippen molar-refractivity contribution in [1.82, 2.24) is 0 Å². The number of carbonyl (C=O) groups excluding carboxylic acids is 4. The van der Waals surface area contributed by atoms with Crippen LogP contribution in [-0.2, 0) is 23.9 Å². The van der Waals surface area contributed by atoms with Crippen molar-refractivity contribution in [2.24, 2.45) is 0 Å². The molecule has 0 atom stereocenters. The highest BCUT2D eigenvalue weighted by Gasteiger charge is 2.12. The monoisotopic (exact) mass is 518 g/mol. The third-order valence-electron chi connectivity index (χ3n) is 4.50. The van der Waals surface area contributed by atoms with Crippen LogP contribution in [0, 0.1) is 6.92 Å². The number of nitrogens with one attached hydrogen (secondary N) is 2. The van der Waals surface area contributed by atoms with Crippen molar-refractivity contribution in [1.29, 1.82) is 0 Å². The van der Waals surface area contributed by atoms with Crippen LogP contribution in [0.1, 0.15) is 48.5 Å². The van der Waals surface area contributed by atoms with Crippen molar-refractivity contribution in [2.75, 3.05) is 23.8 Å². The molecule has 2 aromatic carbocycles. The lowest BCUT2D eigenvalue weighted by Gasteiger charge is -2.09. The van der Waals surface area contributed by atoms with E-state index in [1.54, 1.807) is 36.4 Å². The van der Waals surface area contributed by atoms with Crippen molar-refractivity contribution in [3.05, 3.63) is 58.1 Å².